The molecule has 1 heterocycles. The summed E-state index contributed by atoms with van der Waals surface area (Å²) in [5, 5.41) is 2.82. The van der Waals surface area contributed by atoms with Gasteiger partial charge in [-0.1, -0.05) is 6.07 Å². The molecule has 19 heavy (non-hydrogen) atoms. The number of carbonyl (C=O) groups excluding carboxylic acids is 1. The van der Waals surface area contributed by atoms with Gasteiger partial charge >= 0.3 is 0 Å². The number of hydrogen-bond acceptors (Lipinski definition) is 4. The van der Waals surface area contributed by atoms with Crippen molar-refractivity contribution in [3.05, 3.63) is 23.8 Å². The molecular weight excluding hydrogens is 244 g/mol. The lowest BCUT2D eigenvalue weighted by Crippen LogP contribution is -2.42. The third-order valence-corrected chi connectivity index (χ3v) is 3.26. The molecule has 3 N–H and O–H groups in total. The first-order valence-corrected chi connectivity index (χ1v) is 6.44. The molecule has 5 heteroatoms. The molecule has 0 radical (unpaired) electrons. The zero-order chi connectivity index (χ0) is 13.9. The maximum absolute atomic E-state index is 12.2. The third kappa shape index (κ3) is 2.81. The topological polar surface area (TPSA) is 73.6 Å². The Balaban J connectivity index is 2.22. The second-order valence-electron chi connectivity index (χ2n) is 5.03. The van der Waals surface area contributed by atoms with Crippen molar-refractivity contribution in [1.82, 2.24) is 5.32 Å². The standard InChI is InChI=1S/C14H20N2O3/c1-14(2,13(17)16-6-5-15)10-3-4-11-12(9-10)19-8-7-18-11/h3-4,9H,5-8,15H2,1-2H3,(H,16,17). The van der Waals surface area contributed by atoms with E-state index in [0.717, 1.165) is 11.3 Å². The molecule has 2 rings (SSSR count). The van der Waals surface area contributed by atoms with E-state index in [1.807, 2.05) is 32.0 Å². The zero-order valence-corrected chi connectivity index (χ0v) is 11.4. The third-order valence-electron chi connectivity index (χ3n) is 3.26. The second-order valence-corrected chi connectivity index (χ2v) is 5.03. The Labute approximate surface area is 113 Å². The molecular formula is C14H20N2O3. The molecule has 0 aliphatic carbocycles. The van der Waals surface area contributed by atoms with Gasteiger partial charge in [0.25, 0.3) is 0 Å². The van der Waals surface area contributed by atoms with Gasteiger partial charge in [0.1, 0.15) is 13.2 Å². The lowest BCUT2D eigenvalue weighted by molar-refractivity contribution is -0.125. The van der Waals surface area contributed by atoms with E-state index in [4.69, 9.17) is 15.2 Å². The van der Waals surface area contributed by atoms with Gasteiger partial charge < -0.3 is 20.5 Å². The monoisotopic (exact) mass is 264 g/mol. The number of nitrogens with one attached hydrogen (secondary N) is 1. The van der Waals surface area contributed by atoms with E-state index in [2.05, 4.69) is 5.32 Å². The molecule has 0 unspecified atom stereocenters. The van der Waals surface area contributed by atoms with Crippen molar-refractivity contribution >= 4 is 5.91 Å². The van der Waals surface area contributed by atoms with E-state index in [1.165, 1.54) is 0 Å². The molecule has 104 valence electrons. The molecule has 1 aliphatic rings. The minimum atomic E-state index is -0.634. The highest BCUT2D eigenvalue weighted by atomic mass is 16.6. The Morgan fingerprint density at radius 3 is 2.68 bits per heavy atom. The first-order chi connectivity index (χ1) is 9.05. The molecule has 1 aromatic carbocycles. The normalized spacial score (nSPS) is 14.1. The molecule has 0 aromatic heterocycles. The molecule has 1 aromatic rings. The first kappa shape index (κ1) is 13.7. The van der Waals surface area contributed by atoms with Crippen LogP contribution in [0.15, 0.2) is 18.2 Å². The molecule has 0 fully saturated rings. The van der Waals surface area contributed by atoms with E-state index >= 15 is 0 Å². The minimum absolute atomic E-state index is 0.0466. The van der Waals surface area contributed by atoms with Crippen LogP contribution in [0.1, 0.15) is 19.4 Å². The quantitative estimate of drug-likeness (QED) is 0.844. The molecule has 0 saturated carbocycles. The van der Waals surface area contributed by atoms with Crippen molar-refractivity contribution in [2.75, 3.05) is 26.3 Å². The van der Waals surface area contributed by atoms with Crippen molar-refractivity contribution in [2.45, 2.75) is 19.3 Å². The molecule has 5 nitrogen and oxygen atoms in total. The first-order valence-electron chi connectivity index (χ1n) is 6.44. The van der Waals surface area contributed by atoms with Crippen LogP contribution in [0.5, 0.6) is 11.5 Å². The van der Waals surface area contributed by atoms with Crippen LogP contribution in [0.4, 0.5) is 0 Å². The minimum Gasteiger partial charge on any atom is -0.486 e. The highest BCUT2D eigenvalue weighted by molar-refractivity contribution is 5.87. The van der Waals surface area contributed by atoms with Gasteiger partial charge in [0.2, 0.25) is 5.91 Å². The molecule has 0 atom stereocenters. The zero-order valence-electron chi connectivity index (χ0n) is 11.4. The van der Waals surface area contributed by atoms with Crippen LogP contribution >= 0.6 is 0 Å². The number of hydrogen-bond donors (Lipinski definition) is 2. The van der Waals surface area contributed by atoms with Crippen LogP contribution < -0.4 is 20.5 Å². The lowest BCUT2D eigenvalue weighted by Gasteiger charge is -2.26. The van der Waals surface area contributed by atoms with Crippen LogP contribution in [0.25, 0.3) is 0 Å². The van der Waals surface area contributed by atoms with Crippen LogP contribution in [0, 0.1) is 0 Å². The lowest BCUT2D eigenvalue weighted by atomic mass is 9.83. The van der Waals surface area contributed by atoms with Gasteiger partial charge in [-0.2, -0.15) is 0 Å². The number of fused-ring (bicyclic) bond motifs is 1. The number of nitrogens with two attached hydrogens (primary N) is 1. The maximum Gasteiger partial charge on any atom is 0.230 e. The van der Waals surface area contributed by atoms with Crippen molar-refractivity contribution in [3.63, 3.8) is 0 Å². The van der Waals surface area contributed by atoms with Gasteiger partial charge in [-0.25, -0.2) is 0 Å². The highest BCUT2D eigenvalue weighted by Gasteiger charge is 2.30. The molecule has 1 aliphatic heterocycles. The van der Waals surface area contributed by atoms with E-state index in [1.54, 1.807) is 0 Å². The number of ether oxygens (including phenoxy) is 2. The summed E-state index contributed by atoms with van der Waals surface area (Å²) in [4.78, 5) is 12.2. The van der Waals surface area contributed by atoms with Gasteiger partial charge in [-0.3, -0.25) is 4.79 Å². The smallest absolute Gasteiger partial charge is 0.230 e. The summed E-state index contributed by atoms with van der Waals surface area (Å²) in [6.07, 6.45) is 0. The van der Waals surface area contributed by atoms with Crippen LogP contribution in [0.2, 0.25) is 0 Å². The number of carbonyl (C=O) groups is 1. The molecule has 1 amide bonds. The number of amides is 1. The van der Waals surface area contributed by atoms with Crippen molar-refractivity contribution < 1.29 is 14.3 Å². The van der Waals surface area contributed by atoms with Crippen LogP contribution in [-0.2, 0) is 10.2 Å². The summed E-state index contributed by atoms with van der Waals surface area (Å²) in [7, 11) is 0. The average molecular weight is 264 g/mol. The van der Waals surface area contributed by atoms with Crippen molar-refractivity contribution in [2.24, 2.45) is 5.73 Å². The Kier molecular flexibility index (Phi) is 3.95. The van der Waals surface area contributed by atoms with E-state index in [0.29, 0.717) is 32.1 Å². The van der Waals surface area contributed by atoms with Crippen LogP contribution in [-0.4, -0.2) is 32.2 Å². The van der Waals surface area contributed by atoms with Crippen molar-refractivity contribution in [3.8, 4) is 11.5 Å². The largest absolute Gasteiger partial charge is 0.486 e. The van der Waals surface area contributed by atoms with Gasteiger partial charge in [0.05, 0.1) is 5.41 Å². The van der Waals surface area contributed by atoms with Crippen LogP contribution in [0.3, 0.4) is 0 Å². The van der Waals surface area contributed by atoms with E-state index in [-0.39, 0.29) is 5.91 Å². The summed E-state index contributed by atoms with van der Waals surface area (Å²) < 4.78 is 11.0. The highest BCUT2D eigenvalue weighted by Crippen LogP contribution is 2.35. The summed E-state index contributed by atoms with van der Waals surface area (Å²) in [6, 6.07) is 5.62. The van der Waals surface area contributed by atoms with Gasteiger partial charge in [-0.15, -0.1) is 0 Å². The average Bonchev–Trinajstić information content (AvgIpc) is 2.44. The van der Waals surface area contributed by atoms with E-state index < -0.39 is 5.41 Å². The number of rotatable bonds is 4. The molecule has 0 saturated heterocycles. The van der Waals surface area contributed by atoms with Gasteiger partial charge in [0.15, 0.2) is 11.5 Å². The fraction of sp³-hybridized carbons (Fsp3) is 0.500. The maximum atomic E-state index is 12.2. The predicted octanol–water partition coefficient (Wildman–Crippen LogP) is 0.810. The Morgan fingerprint density at radius 2 is 2.00 bits per heavy atom. The molecule has 0 spiro atoms. The fourth-order valence-corrected chi connectivity index (χ4v) is 1.97. The summed E-state index contributed by atoms with van der Waals surface area (Å²) in [5.74, 6) is 1.38. The Morgan fingerprint density at radius 1 is 1.32 bits per heavy atom. The number of benzene rings is 1. The summed E-state index contributed by atoms with van der Waals surface area (Å²) in [6.45, 7) is 5.77. The SMILES string of the molecule is CC(C)(C(=O)NCCN)c1ccc2c(c1)OCCO2. The summed E-state index contributed by atoms with van der Waals surface area (Å²) in [5.41, 5.74) is 5.66. The van der Waals surface area contributed by atoms with E-state index in [9.17, 15) is 4.79 Å². The Bertz CT molecular complexity index is 472. The Hall–Kier alpha value is -1.75. The van der Waals surface area contributed by atoms with Gasteiger partial charge in [0, 0.05) is 13.1 Å². The second kappa shape index (κ2) is 5.48. The fourth-order valence-electron chi connectivity index (χ4n) is 1.97. The predicted molar refractivity (Wildman–Crippen MR) is 72.5 cm³/mol. The van der Waals surface area contributed by atoms with Gasteiger partial charge in [-0.05, 0) is 31.5 Å². The summed E-state index contributed by atoms with van der Waals surface area (Å²) >= 11 is 0. The van der Waals surface area contributed by atoms with Crippen molar-refractivity contribution in [1.29, 1.82) is 0 Å². The molecule has 0 bridgehead atoms.